The average Bonchev–Trinajstić information content (AvgIpc) is 3.01. The summed E-state index contributed by atoms with van der Waals surface area (Å²) in [4.78, 5) is 5.23. The van der Waals surface area contributed by atoms with E-state index in [2.05, 4.69) is 28.9 Å². The van der Waals surface area contributed by atoms with E-state index in [1.54, 1.807) is 21.3 Å². The Morgan fingerprint density at radius 1 is 1.04 bits per heavy atom. The van der Waals surface area contributed by atoms with Crippen LogP contribution in [0.5, 0.6) is 17.2 Å². The van der Waals surface area contributed by atoms with Gasteiger partial charge >= 0.3 is 0 Å². The molecule has 2 aliphatic heterocycles. The number of ether oxygens (including phenoxy) is 3. The zero-order valence-corrected chi connectivity index (χ0v) is 14.7. The fraction of sp³-hybridized carbons (Fsp3) is 0.667. The molecule has 0 spiro atoms. The number of rotatable bonds is 5. The number of piperazine rings is 1. The summed E-state index contributed by atoms with van der Waals surface area (Å²) in [6.45, 7) is 6.84. The van der Waals surface area contributed by atoms with Gasteiger partial charge in [0, 0.05) is 31.7 Å². The lowest BCUT2D eigenvalue weighted by Crippen LogP contribution is -2.54. The van der Waals surface area contributed by atoms with Crippen LogP contribution in [0.1, 0.15) is 25.3 Å². The van der Waals surface area contributed by atoms with Crippen molar-refractivity contribution in [2.45, 2.75) is 38.4 Å². The molecule has 3 rings (SSSR count). The molecule has 1 aromatic carbocycles. The van der Waals surface area contributed by atoms with Crippen LogP contribution in [0.25, 0.3) is 0 Å². The third-order valence-electron chi connectivity index (χ3n) is 5.18. The number of hydrogen-bond donors (Lipinski definition) is 0. The summed E-state index contributed by atoms with van der Waals surface area (Å²) in [7, 11) is 4.98. The summed E-state index contributed by atoms with van der Waals surface area (Å²) in [6, 6.07) is 5.43. The van der Waals surface area contributed by atoms with E-state index in [1.165, 1.54) is 31.5 Å². The quantitative estimate of drug-likeness (QED) is 0.832. The standard InChI is InChI=1S/C18H28N2O3/c1-13-10-19-7-5-6-15(19)12-20(13)11-14-8-16(21-2)18(23-4)17(9-14)22-3/h8-9,13,15H,5-7,10-12H2,1-4H3/t13-,15+/m0/s1. The topological polar surface area (TPSA) is 34.2 Å². The predicted octanol–water partition coefficient (Wildman–Crippen LogP) is 2.38. The number of methoxy groups -OCH3 is 3. The van der Waals surface area contributed by atoms with Crippen LogP contribution in [-0.2, 0) is 6.54 Å². The van der Waals surface area contributed by atoms with Crippen molar-refractivity contribution in [3.63, 3.8) is 0 Å². The summed E-state index contributed by atoms with van der Waals surface area (Å²) < 4.78 is 16.4. The van der Waals surface area contributed by atoms with E-state index in [0.717, 1.165) is 30.6 Å². The molecule has 5 heteroatoms. The second kappa shape index (κ2) is 6.97. The molecule has 5 nitrogen and oxygen atoms in total. The highest BCUT2D eigenvalue weighted by molar-refractivity contribution is 5.53. The molecule has 0 amide bonds. The lowest BCUT2D eigenvalue weighted by molar-refractivity contribution is 0.0539. The molecule has 0 bridgehead atoms. The first-order valence-corrected chi connectivity index (χ1v) is 8.43. The van der Waals surface area contributed by atoms with Gasteiger partial charge in [-0.3, -0.25) is 9.80 Å². The number of nitrogens with zero attached hydrogens (tertiary/aromatic N) is 2. The molecular weight excluding hydrogens is 292 g/mol. The average molecular weight is 320 g/mol. The van der Waals surface area contributed by atoms with Gasteiger partial charge < -0.3 is 14.2 Å². The number of fused-ring (bicyclic) bond motifs is 1. The first-order valence-electron chi connectivity index (χ1n) is 8.43. The molecule has 0 aromatic heterocycles. The molecule has 2 heterocycles. The van der Waals surface area contributed by atoms with E-state index in [-0.39, 0.29) is 0 Å². The smallest absolute Gasteiger partial charge is 0.203 e. The maximum Gasteiger partial charge on any atom is 0.203 e. The molecule has 23 heavy (non-hydrogen) atoms. The van der Waals surface area contributed by atoms with Crippen LogP contribution in [0.15, 0.2) is 12.1 Å². The SMILES string of the molecule is COc1cc(CN2C[C@H]3CCCN3C[C@@H]2C)cc(OC)c1OC. The molecule has 2 fully saturated rings. The van der Waals surface area contributed by atoms with Gasteiger partial charge in [-0.1, -0.05) is 0 Å². The molecule has 0 unspecified atom stereocenters. The van der Waals surface area contributed by atoms with Gasteiger partial charge in [0.05, 0.1) is 21.3 Å². The summed E-state index contributed by atoms with van der Waals surface area (Å²) in [5.74, 6) is 2.12. The Bertz CT molecular complexity index is 524. The molecule has 0 saturated carbocycles. The van der Waals surface area contributed by atoms with Crippen molar-refractivity contribution in [1.29, 1.82) is 0 Å². The summed E-state index contributed by atoms with van der Waals surface area (Å²) in [5, 5.41) is 0. The van der Waals surface area contributed by atoms with E-state index in [0.29, 0.717) is 11.8 Å². The van der Waals surface area contributed by atoms with Gasteiger partial charge in [-0.15, -0.1) is 0 Å². The van der Waals surface area contributed by atoms with Crippen LogP contribution >= 0.6 is 0 Å². The van der Waals surface area contributed by atoms with Crippen LogP contribution in [0.3, 0.4) is 0 Å². The molecule has 128 valence electrons. The van der Waals surface area contributed by atoms with Crippen molar-refractivity contribution in [3.8, 4) is 17.2 Å². The van der Waals surface area contributed by atoms with Gasteiger partial charge in [0.15, 0.2) is 11.5 Å². The van der Waals surface area contributed by atoms with Crippen LogP contribution in [0.2, 0.25) is 0 Å². The summed E-state index contributed by atoms with van der Waals surface area (Å²) in [6.07, 6.45) is 2.67. The molecule has 0 aliphatic carbocycles. The maximum atomic E-state index is 5.47. The predicted molar refractivity (Wildman–Crippen MR) is 90.6 cm³/mol. The molecule has 1 aromatic rings. The Morgan fingerprint density at radius 3 is 2.35 bits per heavy atom. The van der Waals surface area contributed by atoms with Gasteiger partial charge in [-0.2, -0.15) is 0 Å². The highest BCUT2D eigenvalue weighted by atomic mass is 16.5. The van der Waals surface area contributed by atoms with Crippen molar-refractivity contribution in [1.82, 2.24) is 9.80 Å². The Hall–Kier alpha value is -1.46. The second-order valence-corrected chi connectivity index (χ2v) is 6.60. The van der Waals surface area contributed by atoms with Crippen LogP contribution in [-0.4, -0.2) is 62.8 Å². The summed E-state index contributed by atoms with van der Waals surface area (Å²) in [5.41, 5.74) is 1.21. The minimum absolute atomic E-state index is 0.573. The minimum Gasteiger partial charge on any atom is -0.493 e. The van der Waals surface area contributed by atoms with Gasteiger partial charge in [0.2, 0.25) is 5.75 Å². The lowest BCUT2D eigenvalue weighted by atomic mass is 10.1. The third kappa shape index (κ3) is 3.26. The van der Waals surface area contributed by atoms with Crippen molar-refractivity contribution in [2.24, 2.45) is 0 Å². The molecule has 2 atom stereocenters. The molecule has 2 saturated heterocycles. The summed E-state index contributed by atoms with van der Waals surface area (Å²) >= 11 is 0. The third-order valence-corrected chi connectivity index (χ3v) is 5.18. The monoisotopic (exact) mass is 320 g/mol. The van der Waals surface area contributed by atoms with Crippen molar-refractivity contribution >= 4 is 0 Å². The Kier molecular flexibility index (Phi) is 4.97. The lowest BCUT2D eigenvalue weighted by Gasteiger charge is -2.42. The van der Waals surface area contributed by atoms with Gasteiger partial charge in [0.1, 0.15) is 0 Å². The van der Waals surface area contributed by atoms with E-state index in [9.17, 15) is 0 Å². The van der Waals surface area contributed by atoms with Gasteiger partial charge in [-0.05, 0) is 44.0 Å². The van der Waals surface area contributed by atoms with E-state index >= 15 is 0 Å². The Labute approximate surface area is 139 Å². The maximum absolute atomic E-state index is 5.47. The Morgan fingerprint density at radius 2 is 1.74 bits per heavy atom. The fourth-order valence-electron chi connectivity index (χ4n) is 3.93. The van der Waals surface area contributed by atoms with Crippen molar-refractivity contribution < 1.29 is 14.2 Å². The zero-order valence-electron chi connectivity index (χ0n) is 14.7. The van der Waals surface area contributed by atoms with E-state index in [4.69, 9.17) is 14.2 Å². The molecule has 0 radical (unpaired) electrons. The minimum atomic E-state index is 0.573. The van der Waals surface area contributed by atoms with Crippen LogP contribution < -0.4 is 14.2 Å². The molecular formula is C18H28N2O3. The van der Waals surface area contributed by atoms with Crippen molar-refractivity contribution in [3.05, 3.63) is 17.7 Å². The zero-order chi connectivity index (χ0) is 16.4. The van der Waals surface area contributed by atoms with Gasteiger partial charge in [0.25, 0.3) is 0 Å². The second-order valence-electron chi connectivity index (χ2n) is 6.60. The first-order chi connectivity index (χ1) is 11.2. The Balaban J connectivity index is 1.79. The molecule has 2 aliphatic rings. The highest BCUT2D eigenvalue weighted by Gasteiger charge is 2.34. The number of hydrogen-bond acceptors (Lipinski definition) is 5. The highest BCUT2D eigenvalue weighted by Crippen LogP contribution is 2.39. The first kappa shape index (κ1) is 16.4. The normalized spacial score (nSPS) is 25.2. The van der Waals surface area contributed by atoms with E-state index < -0.39 is 0 Å². The van der Waals surface area contributed by atoms with Crippen LogP contribution in [0, 0.1) is 0 Å². The largest absolute Gasteiger partial charge is 0.493 e. The van der Waals surface area contributed by atoms with Gasteiger partial charge in [-0.25, -0.2) is 0 Å². The number of benzene rings is 1. The molecule has 0 N–H and O–H groups in total. The van der Waals surface area contributed by atoms with Crippen molar-refractivity contribution in [2.75, 3.05) is 41.0 Å². The van der Waals surface area contributed by atoms with E-state index in [1.807, 2.05) is 0 Å². The fourth-order valence-corrected chi connectivity index (χ4v) is 3.93. The van der Waals surface area contributed by atoms with Crippen LogP contribution in [0.4, 0.5) is 0 Å².